The van der Waals surface area contributed by atoms with Crippen LogP contribution >= 0.6 is 0 Å². The molecule has 0 spiro atoms. The molecule has 1 aliphatic heterocycles. The molecule has 2 rings (SSSR count). The molecule has 1 atom stereocenters. The second-order valence-corrected chi connectivity index (χ2v) is 4.13. The van der Waals surface area contributed by atoms with Gasteiger partial charge in [0.1, 0.15) is 0 Å². The Hall–Kier alpha value is -1.55. The van der Waals surface area contributed by atoms with Crippen molar-refractivity contribution in [2.45, 2.75) is 12.0 Å². The van der Waals surface area contributed by atoms with Gasteiger partial charge in [0.2, 0.25) is 0 Å². The van der Waals surface area contributed by atoms with Crippen molar-refractivity contribution in [3.05, 3.63) is 29.8 Å². The van der Waals surface area contributed by atoms with Crippen LogP contribution in [0.4, 0.5) is 5.69 Å². The molecule has 0 bridgehead atoms. The Morgan fingerprint density at radius 1 is 1.44 bits per heavy atom. The van der Waals surface area contributed by atoms with Gasteiger partial charge in [-0.15, -0.1) is 0 Å². The van der Waals surface area contributed by atoms with Gasteiger partial charge in [0, 0.05) is 38.3 Å². The number of likely N-dealkylation sites (tertiary alicyclic amines) is 1. The summed E-state index contributed by atoms with van der Waals surface area (Å²) in [4.78, 5) is 13.5. The molecule has 0 radical (unpaired) electrons. The van der Waals surface area contributed by atoms with Crippen molar-refractivity contribution >= 4 is 11.6 Å². The van der Waals surface area contributed by atoms with Gasteiger partial charge in [-0.25, -0.2) is 0 Å². The number of anilines is 1. The number of benzene rings is 1. The van der Waals surface area contributed by atoms with Crippen LogP contribution in [-0.2, 0) is 10.4 Å². The lowest BCUT2D eigenvalue weighted by atomic mass is 9.91. The van der Waals surface area contributed by atoms with E-state index in [4.69, 9.17) is 0 Å². The second kappa shape index (κ2) is 3.79. The van der Waals surface area contributed by atoms with Crippen LogP contribution in [0.5, 0.6) is 0 Å². The number of para-hydroxylation sites is 1. The fraction of sp³-hybridized carbons (Fsp3) is 0.417. The number of carbonyl (C=O) groups excluding carboxylic acids is 1. The number of rotatable bonds is 2. The minimum atomic E-state index is -1.37. The average molecular weight is 220 g/mol. The lowest BCUT2D eigenvalue weighted by molar-refractivity contribution is -0.142. The topological polar surface area (TPSA) is 52.6 Å². The number of nitrogens with one attached hydrogen (secondary N) is 1. The van der Waals surface area contributed by atoms with E-state index in [1.165, 1.54) is 0 Å². The molecule has 1 aliphatic rings. The first-order chi connectivity index (χ1) is 7.59. The fourth-order valence-corrected chi connectivity index (χ4v) is 2.17. The summed E-state index contributed by atoms with van der Waals surface area (Å²) in [5, 5.41) is 13.5. The summed E-state index contributed by atoms with van der Waals surface area (Å²) >= 11 is 0. The molecule has 1 fully saturated rings. The second-order valence-electron chi connectivity index (χ2n) is 4.13. The van der Waals surface area contributed by atoms with E-state index in [9.17, 15) is 9.90 Å². The highest BCUT2D eigenvalue weighted by molar-refractivity contribution is 5.90. The number of carbonyl (C=O) groups is 1. The highest BCUT2D eigenvalue weighted by atomic mass is 16.3. The Kier molecular flexibility index (Phi) is 2.59. The lowest BCUT2D eigenvalue weighted by Crippen LogP contribution is -2.36. The Morgan fingerprint density at radius 3 is 2.69 bits per heavy atom. The van der Waals surface area contributed by atoms with Crippen LogP contribution in [0.2, 0.25) is 0 Å². The fourth-order valence-electron chi connectivity index (χ4n) is 2.17. The van der Waals surface area contributed by atoms with Gasteiger partial charge in [-0.05, 0) is 6.07 Å². The maximum atomic E-state index is 11.9. The molecule has 0 aromatic heterocycles. The standard InChI is InChI=1S/C12H16N2O2/c1-13-10-6-4-3-5-9(10)12(16)7-8-14(2)11(12)15/h3-6,13,16H,7-8H2,1-2H3. The van der Waals surface area contributed by atoms with Gasteiger partial charge in [-0.2, -0.15) is 0 Å². The van der Waals surface area contributed by atoms with Crippen molar-refractivity contribution in [1.29, 1.82) is 0 Å². The number of aliphatic hydroxyl groups is 1. The predicted octanol–water partition coefficient (Wildman–Crippen LogP) is 0.778. The number of nitrogens with zero attached hydrogens (tertiary/aromatic N) is 1. The first-order valence-corrected chi connectivity index (χ1v) is 5.35. The van der Waals surface area contributed by atoms with Gasteiger partial charge in [-0.3, -0.25) is 4.79 Å². The molecule has 1 amide bonds. The van der Waals surface area contributed by atoms with Crippen molar-refractivity contribution in [1.82, 2.24) is 4.90 Å². The van der Waals surface area contributed by atoms with E-state index in [0.717, 1.165) is 5.69 Å². The van der Waals surface area contributed by atoms with Crippen LogP contribution in [-0.4, -0.2) is 36.6 Å². The molecule has 1 saturated heterocycles. The summed E-state index contributed by atoms with van der Waals surface area (Å²) in [6.07, 6.45) is 0.445. The molecule has 86 valence electrons. The molecular formula is C12H16N2O2. The van der Waals surface area contributed by atoms with Crippen LogP contribution in [0.1, 0.15) is 12.0 Å². The Labute approximate surface area is 94.9 Å². The van der Waals surface area contributed by atoms with Crippen molar-refractivity contribution in [2.75, 3.05) is 26.0 Å². The molecule has 1 aromatic rings. The first-order valence-electron chi connectivity index (χ1n) is 5.35. The number of likely N-dealkylation sites (N-methyl/N-ethyl adjacent to an activating group) is 1. The van der Waals surface area contributed by atoms with E-state index >= 15 is 0 Å². The predicted molar refractivity (Wildman–Crippen MR) is 62.1 cm³/mol. The molecule has 4 nitrogen and oxygen atoms in total. The van der Waals surface area contributed by atoms with Gasteiger partial charge in [0.25, 0.3) is 5.91 Å². The third-order valence-electron chi connectivity index (χ3n) is 3.15. The maximum Gasteiger partial charge on any atom is 0.259 e. The van der Waals surface area contributed by atoms with Crippen molar-refractivity contribution in [3.8, 4) is 0 Å². The third-order valence-corrected chi connectivity index (χ3v) is 3.15. The molecule has 0 saturated carbocycles. The number of hydrogen-bond donors (Lipinski definition) is 2. The van der Waals surface area contributed by atoms with Gasteiger partial charge < -0.3 is 15.3 Å². The van der Waals surface area contributed by atoms with Gasteiger partial charge in [0.15, 0.2) is 5.60 Å². The summed E-state index contributed by atoms with van der Waals surface area (Å²) in [6, 6.07) is 7.36. The van der Waals surface area contributed by atoms with Crippen molar-refractivity contribution in [2.24, 2.45) is 0 Å². The van der Waals surface area contributed by atoms with Crippen LogP contribution in [0, 0.1) is 0 Å². The molecule has 1 heterocycles. The molecule has 4 heteroatoms. The monoisotopic (exact) mass is 220 g/mol. The minimum Gasteiger partial charge on any atom is -0.388 e. The van der Waals surface area contributed by atoms with Gasteiger partial charge in [-0.1, -0.05) is 18.2 Å². The number of amides is 1. The molecule has 1 aromatic carbocycles. The Morgan fingerprint density at radius 2 is 2.12 bits per heavy atom. The molecule has 0 aliphatic carbocycles. The van der Waals surface area contributed by atoms with E-state index in [2.05, 4.69) is 5.32 Å². The molecule has 16 heavy (non-hydrogen) atoms. The van der Waals surface area contributed by atoms with E-state index in [0.29, 0.717) is 18.5 Å². The van der Waals surface area contributed by atoms with E-state index in [-0.39, 0.29) is 5.91 Å². The average Bonchev–Trinajstić information content (AvgIpc) is 2.58. The zero-order chi connectivity index (χ0) is 11.8. The van der Waals surface area contributed by atoms with Crippen LogP contribution in [0.15, 0.2) is 24.3 Å². The smallest absolute Gasteiger partial charge is 0.259 e. The van der Waals surface area contributed by atoms with E-state index in [1.807, 2.05) is 18.2 Å². The summed E-state index contributed by atoms with van der Waals surface area (Å²) in [5.74, 6) is -0.227. The first kappa shape index (κ1) is 11.0. The highest BCUT2D eigenvalue weighted by Gasteiger charge is 2.46. The normalized spacial score (nSPS) is 24.9. The number of hydrogen-bond acceptors (Lipinski definition) is 3. The Balaban J connectivity index is 2.47. The zero-order valence-electron chi connectivity index (χ0n) is 9.53. The Bertz CT molecular complexity index is 419. The van der Waals surface area contributed by atoms with Gasteiger partial charge in [0.05, 0.1) is 0 Å². The quantitative estimate of drug-likeness (QED) is 0.774. The highest BCUT2D eigenvalue weighted by Crippen LogP contribution is 2.36. The van der Waals surface area contributed by atoms with Crippen LogP contribution < -0.4 is 5.32 Å². The summed E-state index contributed by atoms with van der Waals surface area (Å²) < 4.78 is 0. The minimum absolute atomic E-state index is 0.227. The van der Waals surface area contributed by atoms with E-state index in [1.54, 1.807) is 25.1 Å². The molecule has 2 N–H and O–H groups in total. The zero-order valence-corrected chi connectivity index (χ0v) is 9.53. The van der Waals surface area contributed by atoms with Crippen LogP contribution in [0.25, 0.3) is 0 Å². The van der Waals surface area contributed by atoms with Crippen LogP contribution in [0.3, 0.4) is 0 Å². The van der Waals surface area contributed by atoms with Crippen molar-refractivity contribution in [3.63, 3.8) is 0 Å². The molecule has 1 unspecified atom stereocenters. The largest absolute Gasteiger partial charge is 0.388 e. The SMILES string of the molecule is CNc1ccccc1C1(O)CCN(C)C1=O. The lowest BCUT2D eigenvalue weighted by Gasteiger charge is -2.23. The third kappa shape index (κ3) is 1.46. The van der Waals surface area contributed by atoms with E-state index < -0.39 is 5.60 Å². The van der Waals surface area contributed by atoms with Crippen molar-refractivity contribution < 1.29 is 9.90 Å². The maximum absolute atomic E-state index is 11.9. The summed E-state index contributed by atoms with van der Waals surface area (Å²) in [7, 11) is 3.49. The summed E-state index contributed by atoms with van der Waals surface area (Å²) in [6.45, 7) is 0.591. The summed E-state index contributed by atoms with van der Waals surface area (Å²) in [5.41, 5.74) is 0.0921. The molecular weight excluding hydrogens is 204 g/mol. The van der Waals surface area contributed by atoms with Gasteiger partial charge >= 0.3 is 0 Å².